The Morgan fingerprint density at radius 3 is 2.86 bits per heavy atom. The maximum Gasteiger partial charge on any atom is 0.240 e. The first-order valence-electron chi connectivity index (χ1n) is 7.73. The van der Waals surface area contributed by atoms with E-state index in [1.54, 1.807) is 0 Å². The smallest absolute Gasteiger partial charge is 0.240 e. The van der Waals surface area contributed by atoms with Crippen LogP contribution in [0.2, 0.25) is 0 Å². The van der Waals surface area contributed by atoms with Crippen LogP contribution in [0, 0.1) is 5.92 Å². The van der Waals surface area contributed by atoms with Gasteiger partial charge in [-0.2, -0.15) is 0 Å². The Labute approximate surface area is 129 Å². The highest BCUT2D eigenvalue weighted by Crippen LogP contribution is 2.17. The SMILES string of the molecule is CCO[C@H]1CNC(C(=O)N[C@@H](C[C@@H]2CCNC2=O)C(N)=O)C1. The first-order chi connectivity index (χ1) is 10.5. The summed E-state index contributed by atoms with van der Waals surface area (Å²) in [6.45, 7) is 3.71. The predicted molar refractivity (Wildman–Crippen MR) is 78.7 cm³/mol. The van der Waals surface area contributed by atoms with Crippen LogP contribution < -0.4 is 21.7 Å². The van der Waals surface area contributed by atoms with Gasteiger partial charge in [-0.25, -0.2) is 0 Å². The summed E-state index contributed by atoms with van der Waals surface area (Å²) >= 11 is 0. The number of carbonyl (C=O) groups is 3. The number of nitrogens with one attached hydrogen (secondary N) is 3. The second-order valence-electron chi connectivity index (χ2n) is 5.75. The van der Waals surface area contributed by atoms with Gasteiger partial charge in [0, 0.05) is 25.6 Å². The van der Waals surface area contributed by atoms with E-state index in [2.05, 4.69) is 16.0 Å². The van der Waals surface area contributed by atoms with Gasteiger partial charge in [0.2, 0.25) is 17.7 Å². The Kier molecular flexibility index (Phi) is 5.73. The molecule has 0 aromatic heterocycles. The number of amides is 3. The number of primary amides is 1. The third-order valence-electron chi connectivity index (χ3n) is 4.15. The first kappa shape index (κ1) is 16.7. The van der Waals surface area contributed by atoms with Gasteiger partial charge in [0.25, 0.3) is 0 Å². The highest BCUT2D eigenvalue weighted by atomic mass is 16.5. The molecule has 8 heteroatoms. The third kappa shape index (κ3) is 4.17. The van der Waals surface area contributed by atoms with Gasteiger partial charge in [0.15, 0.2) is 0 Å². The van der Waals surface area contributed by atoms with E-state index in [9.17, 15) is 14.4 Å². The van der Waals surface area contributed by atoms with Crippen LogP contribution in [0.5, 0.6) is 0 Å². The van der Waals surface area contributed by atoms with Gasteiger partial charge in [-0.05, 0) is 26.2 Å². The molecule has 0 bridgehead atoms. The van der Waals surface area contributed by atoms with Crippen LogP contribution in [-0.4, -0.2) is 55.6 Å². The minimum Gasteiger partial charge on any atom is -0.377 e. The topological polar surface area (TPSA) is 123 Å². The number of nitrogens with two attached hydrogens (primary N) is 1. The lowest BCUT2D eigenvalue weighted by atomic mass is 9.97. The average molecular weight is 312 g/mol. The van der Waals surface area contributed by atoms with Gasteiger partial charge in [-0.1, -0.05) is 0 Å². The number of carbonyl (C=O) groups excluding carboxylic acids is 3. The molecule has 2 aliphatic rings. The lowest BCUT2D eigenvalue weighted by Gasteiger charge is -2.20. The molecule has 8 nitrogen and oxygen atoms in total. The summed E-state index contributed by atoms with van der Waals surface area (Å²) in [7, 11) is 0. The van der Waals surface area contributed by atoms with Crippen molar-refractivity contribution in [1.29, 1.82) is 0 Å². The molecular weight excluding hydrogens is 288 g/mol. The van der Waals surface area contributed by atoms with E-state index in [1.165, 1.54) is 0 Å². The molecule has 2 saturated heterocycles. The summed E-state index contributed by atoms with van der Waals surface area (Å²) in [6.07, 6.45) is 1.48. The van der Waals surface area contributed by atoms with Crippen molar-refractivity contribution in [3.8, 4) is 0 Å². The number of hydrogen-bond donors (Lipinski definition) is 4. The maximum absolute atomic E-state index is 12.2. The lowest BCUT2D eigenvalue weighted by molar-refractivity contribution is -0.130. The third-order valence-corrected chi connectivity index (χ3v) is 4.15. The second kappa shape index (κ2) is 7.55. The van der Waals surface area contributed by atoms with Gasteiger partial charge >= 0.3 is 0 Å². The molecule has 2 fully saturated rings. The molecule has 22 heavy (non-hydrogen) atoms. The summed E-state index contributed by atoms with van der Waals surface area (Å²) < 4.78 is 5.47. The van der Waals surface area contributed by atoms with Crippen molar-refractivity contribution in [3.05, 3.63) is 0 Å². The standard InChI is InChI=1S/C14H24N4O4/c1-2-22-9-6-11(17-7-9)14(21)18-10(12(15)19)5-8-3-4-16-13(8)20/h8-11,17H,2-7H2,1H3,(H2,15,19)(H,16,20)(H,18,21)/t8-,9+,10-,11?/m0/s1. The molecule has 0 aromatic carbocycles. The normalized spacial score (nSPS) is 29.1. The van der Waals surface area contributed by atoms with Gasteiger partial charge in [-0.3, -0.25) is 14.4 Å². The van der Waals surface area contributed by atoms with Gasteiger partial charge in [0.1, 0.15) is 6.04 Å². The zero-order valence-electron chi connectivity index (χ0n) is 12.8. The number of ether oxygens (including phenoxy) is 1. The Morgan fingerprint density at radius 2 is 2.27 bits per heavy atom. The molecule has 0 aliphatic carbocycles. The molecule has 0 aromatic rings. The predicted octanol–water partition coefficient (Wildman–Crippen LogP) is -1.75. The van der Waals surface area contributed by atoms with Crippen LogP contribution in [0.4, 0.5) is 0 Å². The van der Waals surface area contributed by atoms with Crippen LogP contribution >= 0.6 is 0 Å². The van der Waals surface area contributed by atoms with Gasteiger partial charge < -0.3 is 26.4 Å². The molecule has 124 valence electrons. The van der Waals surface area contributed by atoms with Crippen molar-refractivity contribution in [2.75, 3.05) is 19.7 Å². The fourth-order valence-corrected chi connectivity index (χ4v) is 2.94. The lowest BCUT2D eigenvalue weighted by Crippen LogP contribution is -2.51. The Bertz CT molecular complexity index is 443. The molecule has 2 rings (SSSR count). The minimum atomic E-state index is -0.825. The van der Waals surface area contributed by atoms with Crippen molar-refractivity contribution in [3.63, 3.8) is 0 Å². The molecule has 0 radical (unpaired) electrons. The molecule has 1 unspecified atom stereocenters. The monoisotopic (exact) mass is 312 g/mol. The van der Waals surface area contributed by atoms with Crippen LogP contribution in [-0.2, 0) is 19.1 Å². The van der Waals surface area contributed by atoms with E-state index < -0.39 is 18.0 Å². The molecule has 3 amide bonds. The van der Waals surface area contributed by atoms with E-state index in [0.29, 0.717) is 32.5 Å². The fraction of sp³-hybridized carbons (Fsp3) is 0.786. The van der Waals surface area contributed by atoms with Crippen molar-refractivity contribution < 1.29 is 19.1 Å². The zero-order chi connectivity index (χ0) is 16.1. The summed E-state index contributed by atoms with van der Waals surface area (Å²) in [4.78, 5) is 35.4. The van der Waals surface area contributed by atoms with Crippen molar-refractivity contribution in [2.24, 2.45) is 11.7 Å². The fourth-order valence-electron chi connectivity index (χ4n) is 2.94. The highest BCUT2D eigenvalue weighted by Gasteiger charge is 2.34. The molecule has 0 saturated carbocycles. The van der Waals surface area contributed by atoms with Crippen LogP contribution in [0.25, 0.3) is 0 Å². The molecule has 4 atom stereocenters. The maximum atomic E-state index is 12.2. The summed E-state index contributed by atoms with van der Waals surface area (Å²) in [5.41, 5.74) is 5.35. The first-order valence-corrected chi connectivity index (χ1v) is 7.73. The molecular formula is C14H24N4O4. The Balaban J connectivity index is 1.86. The van der Waals surface area contributed by atoms with Crippen molar-refractivity contribution in [2.45, 2.75) is 44.4 Å². The van der Waals surface area contributed by atoms with E-state index in [-0.39, 0.29) is 30.3 Å². The summed E-state index contributed by atoms with van der Waals surface area (Å²) in [5, 5.41) is 8.44. The zero-order valence-corrected chi connectivity index (χ0v) is 12.8. The molecule has 2 aliphatic heterocycles. The van der Waals surface area contributed by atoms with Crippen molar-refractivity contribution in [1.82, 2.24) is 16.0 Å². The van der Waals surface area contributed by atoms with Crippen LogP contribution in [0.3, 0.4) is 0 Å². The van der Waals surface area contributed by atoms with E-state index in [4.69, 9.17) is 10.5 Å². The van der Waals surface area contributed by atoms with E-state index >= 15 is 0 Å². The largest absolute Gasteiger partial charge is 0.377 e. The number of rotatable bonds is 7. The average Bonchev–Trinajstić information content (AvgIpc) is 3.08. The van der Waals surface area contributed by atoms with Crippen molar-refractivity contribution >= 4 is 17.7 Å². The quantitative estimate of drug-likeness (QED) is 0.444. The van der Waals surface area contributed by atoms with Gasteiger partial charge in [-0.15, -0.1) is 0 Å². The van der Waals surface area contributed by atoms with Gasteiger partial charge in [0.05, 0.1) is 12.1 Å². The second-order valence-corrected chi connectivity index (χ2v) is 5.75. The Morgan fingerprint density at radius 1 is 1.50 bits per heavy atom. The Hall–Kier alpha value is -1.67. The molecule has 2 heterocycles. The van der Waals surface area contributed by atoms with E-state index in [1.807, 2.05) is 6.92 Å². The van der Waals surface area contributed by atoms with E-state index in [0.717, 1.165) is 0 Å². The summed E-state index contributed by atoms with van der Waals surface area (Å²) in [5.74, 6) is -1.25. The van der Waals surface area contributed by atoms with Crippen LogP contribution in [0.1, 0.15) is 26.2 Å². The minimum absolute atomic E-state index is 0.00777. The summed E-state index contributed by atoms with van der Waals surface area (Å²) in [6, 6.07) is -1.22. The number of hydrogen-bond acceptors (Lipinski definition) is 5. The molecule has 0 spiro atoms. The molecule has 5 N–H and O–H groups in total. The highest BCUT2D eigenvalue weighted by molar-refractivity contribution is 5.90. The van der Waals surface area contributed by atoms with Crippen LogP contribution in [0.15, 0.2) is 0 Å².